The first-order valence-corrected chi connectivity index (χ1v) is 10.4. The summed E-state index contributed by atoms with van der Waals surface area (Å²) in [6, 6.07) is 18.8. The number of fused-ring (bicyclic) bond motifs is 1. The molecule has 29 heavy (non-hydrogen) atoms. The molecule has 0 aliphatic rings. The molecule has 0 saturated heterocycles. The zero-order valence-corrected chi connectivity index (χ0v) is 17.8. The van der Waals surface area contributed by atoms with E-state index in [1.165, 1.54) is 16.3 Å². The van der Waals surface area contributed by atoms with Crippen LogP contribution in [0.2, 0.25) is 0 Å². The highest BCUT2D eigenvalue weighted by Crippen LogP contribution is 2.25. The topological polar surface area (TPSA) is 81.3 Å². The molecule has 0 spiro atoms. The molecule has 1 N–H and O–H groups in total. The number of aryl methyl sites for hydroxylation is 1. The average molecular weight is 470 g/mol. The Balaban J connectivity index is 1.53. The Labute approximate surface area is 178 Å². The van der Waals surface area contributed by atoms with E-state index in [2.05, 4.69) is 31.4 Å². The molecule has 4 aromatic rings. The van der Waals surface area contributed by atoms with Gasteiger partial charge in [-0.15, -0.1) is 5.10 Å². The van der Waals surface area contributed by atoms with Crippen molar-refractivity contribution in [1.29, 1.82) is 0 Å². The summed E-state index contributed by atoms with van der Waals surface area (Å²) >= 11 is 4.87. The first kappa shape index (κ1) is 19.4. The molecule has 7 nitrogen and oxygen atoms in total. The molecule has 0 saturated carbocycles. The molecular weight excluding hydrogens is 454 g/mol. The van der Waals surface area contributed by atoms with Crippen LogP contribution in [-0.4, -0.2) is 25.3 Å². The summed E-state index contributed by atoms with van der Waals surface area (Å²) in [5.74, 6) is -0.337. The monoisotopic (exact) mass is 469 g/mol. The summed E-state index contributed by atoms with van der Waals surface area (Å²) in [6.45, 7) is 1.74. The van der Waals surface area contributed by atoms with Crippen molar-refractivity contribution in [2.75, 3.05) is 5.32 Å². The molecule has 2 aromatic carbocycles. The molecule has 0 radical (unpaired) electrons. The SMILES string of the molecule is Cc1cc(NC(=O)Cn2nc3ccc(Sc4ccccc4)nn3c2=O)ccc1Br. The number of amides is 1. The molecule has 0 fully saturated rings. The molecule has 146 valence electrons. The molecule has 0 aliphatic heterocycles. The van der Waals surface area contributed by atoms with Gasteiger partial charge in [0, 0.05) is 15.1 Å². The van der Waals surface area contributed by atoms with Crippen LogP contribution in [0.5, 0.6) is 0 Å². The fourth-order valence-corrected chi connectivity index (χ4v) is 3.76. The van der Waals surface area contributed by atoms with Crippen molar-refractivity contribution in [2.45, 2.75) is 23.4 Å². The minimum atomic E-state index is -0.461. The number of halogens is 1. The fourth-order valence-electron chi connectivity index (χ4n) is 2.72. The lowest BCUT2D eigenvalue weighted by molar-refractivity contribution is -0.117. The van der Waals surface area contributed by atoms with Gasteiger partial charge < -0.3 is 5.32 Å². The summed E-state index contributed by atoms with van der Waals surface area (Å²) in [6.07, 6.45) is 0. The van der Waals surface area contributed by atoms with E-state index in [0.29, 0.717) is 16.4 Å². The van der Waals surface area contributed by atoms with E-state index in [0.717, 1.165) is 19.6 Å². The Morgan fingerprint density at radius 2 is 1.90 bits per heavy atom. The lowest BCUT2D eigenvalue weighted by Crippen LogP contribution is -2.28. The molecular formula is C20H16BrN5O2S. The molecule has 2 aromatic heterocycles. The predicted molar refractivity (Wildman–Crippen MR) is 115 cm³/mol. The number of anilines is 1. The van der Waals surface area contributed by atoms with Crippen molar-refractivity contribution in [3.05, 3.63) is 81.2 Å². The van der Waals surface area contributed by atoms with Crippen molar-refractivity contribution in [2.24, 2.45) is 0 Å². The summed E-state index contributed by atoms with van der Waals surface area (Å²) in [7, 11) is 0. The minimum Gasteiger partial charge on any atom is -0.324 e. The number of benzene rings is 2. The molecule has 0 bridgehead atoms. The first-order chi connectivity index (χ1) is 14.0. The van der Waals surface area contributed by atoms with Crippen LogP contribution < -0.4 is 11.0 Å². The zero-order valence-electron chi connectivity index (χ0n) is 15.4. The molecule has 0 atom stereocenters. The maximum atomic E-state index is 12.6. The van der Waals surface area contributed by atoms with Gasteiger partial charge in [-0.2, -0.15) is 9.61 Å². The van der Waals surface area contributed by atoms with Gasteiger partial charge in [-0.1, -0.05) is 45.9 Å². The van der Waals surface area contributed by atoms with Crippen LogP contribution in [0.4, 0.5) is 5.69 Å². The third-order valence-corrected chi connectivity index (χ3v) is 5.94. The molecule has 0 unspecified atom stereocenters. The van der Waals surface area contributed by atoms with Gasteiger partial charge in [0.2, 0.25) is 5.91 Å². The van der Waals surface area contributed by atoms with E-state index >= 15 is 0 Å². The van der Waals surface area contributed by atoms with Gasteiger partial charge in [0.25, 0.3) is 0 Å². The van der Waals surface area contributed by atoms with Crippen molar-refractivity contribution >= 4 is 44.9 Å². The number of hydrogen-bond donors (Lipinski definition) is 1. The van der Waals surface area contributed by atoms with Crippen LogP contribution in [0.3, 0.4) is 0 Å². The van der Waals surface area contributed by atoms with Crippen LogP contribution in [0.25, 0.3) is 5.65 Å². The standard InChI is InChI=1S/C20H16BrN5O2S/c1-13-11-14(7-8-16(13)21)22-18(27)12-25-20(28)26-17(23-25)9-10-19(24-26)29-15-5-3-2-4-6-15/h2-11H,12H2,1H3,(H,22,27). The normalized spacial score (nSPS) is 11.0. The Morgan fingerprint density at radius 1 is 1.10 bits per heavy atom. The maximum absolute atomic E-state index is 12.6. The molecule has 4 rings (SSSR count). The highest BCUT2D eigenvalue weighted by Gasteiger charge is 2.13. The molecule has 9 heteroatoms. The lowest BCUT2D eigenvalue weighted by atomic mass is 10.2. The number of rotatable bonds is 5. The van der Waals surface area contributed by atoms with E-state index in [1.54, 1.807) is 18.2 Å². The Hall–Kier alpha value is -2.91. The second kappa shape index (κ2) is 8.22. The van der Waals surface area contributed by atoms with Crippen LogP contribution >= 0.6 is 27.7 Å². The summed E-state index contributed by atoms with van der Waals surface area (Å²) in [5, 5.41) is 12.0. The summed E-state index contributed by atoms with van der Waals surface area (Å²) < 4.78 is 3.28. The van der Waals surface area contributed by atoms with Crippen LogP contribution in [0.15, 0.2) is 79.9 Å². The number of hydrogen-bond acceptors (Lipinski definition) is 5. The van der Waals surface area contributed by atoms with Crippen LogP contribution in [0.1, 0.15) is 5.56 Å². The zero-order chi connectivity index (χ0) is 20.4. The van der Waals surface area contributed by atoms with E-state index in [9.17, 15) is 9.59 Å². The van der Waals surface area contributed by atoms with Crippen LogP contribution in [0, 0.1) is 6.92 Å². The molecule has 1 amide bonds. The fraction of sp³-hybridized carbons (Fsp3) is 0.100. The third-order valence-electron chi connectivity index (χ3n) is 4.12. The maximum Gasteiger partial charge on any atom is 0.367 e. The van der Waals surface area contributed by atoms with Gasteiger partial charge in [0.15, 0.2) is 5.65 Å². The van der Waals surface area contributed by atoms with E-state index in [4.69, 9.17) is 0 Å². The summed E-state index contributed by atoms with van der Waals surface area (Å²) in [4.78, 5) is 26.0. The summed E-state index contributed by atoms with van der Waals surface area (Å²) in [5.41, 5.74) is 1.59. The highest BCUT2D eigenvalue weighted by molar-refractivity contribution is 9.10. The van der Waals surface area contributed by atoms with Crippen LogP contribution in [-0.2, 0) is 11.3 Å². The van der Waals surface area contributed by atoms with Gasteiger partial charge in [0.1, 0.15) is 11.6 Å². The number of nitrogens with one attached hydrogen (secondary N) is 1. The van der Waals surface area contributed by atoms with Gasteiger partial charge in [-0.05, 0) is 55.0 Å². The lowest BCUT2D eigenvalue weighted by Gasteiger charge is -2.06. The third kappa shape index (κ3) is 4.41. The number of carbonyl (C=O) groups is 1. The van der Waals surface area contributed by atoms with Gasteiger partial charge in [0.05, 0.1) is 0 Å². The Kier molecular flexibility index (Phi) is 5.50. The van der Waals surface area contributed by atoms with E-state index in [-0.39, 0.29) is 12.5 Å². The average Bonchev–Trinajstić information content (AvgIpc) is 3.01. The van der Waals surface area contributed by atoms with Crippen molar-refractivity contribution in [1.82, 2.24) is 19.4 Å². The number of aromatic nitrogens is 4. The number of carbonyl (C=O) groups excluding carboxylic acids is 1. The number of nitrogens with zero attached hydrogens (tertiary/aromatic N) is 4. The van der Waals surface area contributed by atoms with Gasteiger partial charge in [-0.25, -0.2) is 9.48 Å². The van der Waals surface area contributed by atoms with Gasteiger partial charge in [-0.3, -0.25) is 4.79 Å². The second-order valence-corrected chi connectivity index (χ2v) is 8.26. The van der Waals surface area contributed by atoms with E-state index < -0.39 is 5.69 Å². The first-order valence-electron chi connectivity index (χ1n) is 8.75. The Morgan fingerprint density at radius 3 is 2.66 bits per heavy atom. The Bertz CT molecular complexity index is 1250. The second-order valence-electron chi connectivity index (χ2n) is 6.31. The highest BCUT2D eigenvalue weighted by atomic mass is 79.9. The smallest absolute Gasteiger partial charge is 0.324 e. The largest absolute Gasteiger partial charge is 0.367 e. The minimum absolute atomic E-state index is 0.196. The van der Waals surface area contributed by atoms with Crippen molar-refractivity contribution in [3.63, 3.8) is 0 Å². The van der Waals surface area contributed by atoms with Gasteiger partial charge >= 0.3 is 5.69 Å². The predicted octanol–water partition coefficient (Wildman–Crippen LogP) is 3.75. The quantitative estimate of drug-likeness (QED) is 0.481. The van der Waals surface area contributed by atoms with Crippen molar-refractivity contribution < 1.29 is 4.79 Å². The van der Waals surface area contributed by atoms with Crippen molar-refractivity contribution in [3.8, 4) is 0 Å². The van der Waals surface area contributed by atoms with E-state index in [1.807, 2.05) is 49.4 Å². The molecule has 2 heterocycles. The molecule has 0 aliphatic carbocycles.